The van der Waals surface area contributed by atoms with E-state index < -0.39 is 29.7 Å². The fourth-order valence-electron chi connectivity index (χ4n) is 2.91. The zero-order valence-electron chi connectivity index (χ0n) is 17.3. The van der Waals surface area contributed by atoms with Crippen molar-refractivity contribution < 1.29 is 28.7 Å². The van der Waals surface area contributed by atoms with E-state index in [1.165, 1.54) is 23.1 Å². The molecular weight excluding hydrogens is 440 g/mol. The molecule has 2 aromatic rings. The minimum Gasteiger partial charge on any atom is -0.462 e. The van der Waals surface area contributed by atoms with Gasteiger partial charge in [-0.1, -0.05) is 12.1 Å². The topological polar surface area (TPSA) is 111 Å². The number of nitrogens with one attached hydrogen (secondary N) is 2. The third kappa shape index (κ3) is 5.45. The van der Waals surface area contributed by atoms with Crippen LogP contribution in [-0.2, 0) is 23.9 Å². The number of benzene rings is 1. The summed E-state index contributed by atoms with van der Waals surface area (Å²) in [4.78, 5) is 50.6. The highest BCUT2D eigenvalue weighted by Crippen LogP contribution is 2.37. The number of carbonyl (C=O) groups excluding carboxylic acids is 4. The lowest BCUT2D eigenvalue weighted by molar-refractivity contribution is -0.147. The van der Waals surface area contributed by atoms with Crippen molar-refractivity contribution in [2.75, 3.05) is 23.8 Å². The molecule has 1 aromatic carbocycles. The first-order valence-corrected chi connectivity index (χ1v) is 11.3. The van der Waals surface area contributed by atoms with E-state index in [2.05, 4.69) is 10.6 Å². The minimum absolute atomic E-state index is 0.163. The Morgan fingerprint density at radius 2 is 1.90 bits per heavy atom. The van der Waals surface area contributed by atoms with Crippen molar-refractivity contribution in [1.29, 1.82) is 0 Å². The van der Waals surface area contributed by atoms with Gasteiger partial charge in [-0.25, -0.2) is 4.79 Å². The van der Waals surface area contributed by atoms with Crippen molar-refractivity contribution in [1.82, 2.24) is 0 Å². The van der Waals surface area contributed by atoms with Crippen LogP contribution < -0.4 is 10.6 Å². The Kier molecular flexibility index (Phi) is 7.34. The zero-order valence-corrected chi connectivity index (χ0v) is 18.9. The number of hydrogen-bond donors (Lipinski definition) is 2. The van der Waals surface area contributed by atoms with Crippen molar-refractivity contribution in [3.05, 3.63) is 40.3 Å². The maximum Gasteiger partial charge on any atom is 0.341 e. The van der Waals surface area contributed by atoms with E-state index in [0.717, 1.165) is 15.3 Å². The number of thiophene rings is 1. The number of amides is 2. The molecule has 164 valence electrons. The smallest absolute Gasteiger partial charge is 0.341 e. The van der Waals surface area contributed by atoms with Crippen LogP contribution in [0.5, 0.6) is 0 Å². The molecule has 0 bridgehead atoms. The van der Waals surface area contributed by atoms with Crippen LogP contribution in [0.25, 0.3) is 0 Å². The summed E-state index contributed by atoms with van der Waals surface area (Å²) in [6.45, 7) is 5.01. The van der Waals surface area contributed by atoms with Crippen LogP contribution in [-0.4, -0.2) is 42.2 Å². The molecule has 1 aromatic heterocycles. The zero-order chi connectivity index (χ0) is 22.5. The standard InChI is InChI=1S/C21H22N2O6S2/c1-4-28-21(27)18-11(2)12(3)30-20(18)23-16(24)10-29-17(25)9-15-19(26)22-13-7-5-6-8-14(13)31-15/h5-8,15H,4,9-10H2,1-3H3,(H,22,26)(H,23,24)/t15-/m0/s1. The van der Waals surface area contributed by atoms with Crippen LogP contribution in [0, 0.1) is 13.8 Å². The first-order valence-electron chi connectivity index (χ1n) is 9.59. The van der Waals surface area contributed by atoms with Crippen LogP contribution in [0.3, 0.4) is 0 Å². The molecule has 0 unspecified atom stereocenters. The Hall–Kier alpha value is -2.85. The molecule has 1 aliphatic rings. The molecule has 1 atom stereocenters. The Bertz CT molecular complexity index is 1030. The Balaban J connectivity index is 1.55. The average molecular weight is 463 g/mol. The van der Waals surface area contributed by atoms with Crippen LogP contribution in [0.1, 0.15) is 34.1 Å². The lowest BCUT2D eigenvalue weighted by Gasteiger charge is -2.23. The number of hydrogen-bond acceptors (Lipinski definition) is 8. The molecule has 2 N–H and O–H groups in total. The predicted octanol–water partition coefficient (Wildman–Crippen LogP) is 3.53. The van der Waals surface area contributed by atoms with Crippen LogP contribution in [0.4, 0.5) is 10.7 Å². The Morgan fingerprint density at radius 1 is 1.16 bits per heavy atom. The highest BCUT2D eigenvalue weighted by Gasteiger charge is 2.29. The molecule has 31 heavy (non-hydrogen) atoms. The molecular formula is C21H22N2O6S2. The van der Waals surface area contributed by atoms with E-state index >= 15 is 0 Å². The number of esters is 2. The van der Waals surface area contributed by atoms with Gasteiger partial charge in [0.15, 0.2) is 6.61 Å². The number of anilines is 2. The van der Waals surface area contributed by atoms with E-state index in [-0.39, 0.29) is 18.9 Å². The summed E-state index contributed by atoms with van der Waals surface area (Å²) in [5.74, 6) is -2.04. The Morgan fingerprint density at radius 3 is 2.65 bits per heavy atom. The van der Waals surface area contributed by atoms with Crippen molar-refractivity contribution >= 4 is 57.5 Å². The van der Waals surface area contributed by atoms with Gasteiger partial charge in [-0.2, -0.15) is 0 Å². The molecule has 0 saturated heterocycles. The summed E-state index contributed by atoms with van der Waals surface area (Å²) in [6, 6.07) is 7.31. The number of fused-ring (bicyclic) bond motifs is 1. The highest BCUT2D eigenvalue weighted by atomic mass is 32.2. The number of para-hydroxylation sites is 1. The second kappa shape index (κ2) is 9.97. The lowest BCUT2D eigenvalue weighted by Crippen LogP contribution is -2.32. The number of aryl methyl sites for hydroxylation is 1. The number of rotatable bonds is 7. The van der Waals surface area contributed by atoms with E-state index in [9.17, 15) is 19.2 Å². The first-order chi connectivity index (χ1) is 14.8. The largest absolute Gasteiger partial charge is 0.462 e. The van der Waals surface area contributed by atoms with Gasteiger partial charge in [-0.3, -0.25) is 14.4 Å². The van der Waals surface area contributed by atoms with Gasteiger partial charge in [-0.05, 0) is 38.5 Å². The third-order valence-corrected chi connectivity index (χ3v) is 6.94. The summed E-state index contributed by atoms with van der Waals surface area (Å²) in [6.07, 6.45) is -0.163. The van der Waals surface area contributed by atoms with Crippen LogP contribution >= 0.6 is 23.1 Å². The lowest BCUT2D eigenvalue weighted by atomic mass is 10.1. The molecule has 0 aliphatic carbocycles. The molecule has 2 amide bonds. The molecule has 0 saturated carbocycles. The molecule has 0 radical (unpaired) electrons. The van der Waals surface area contributed by atoms with E-state index in [1.807, 2.05) is 25.1 Å². The SMILES string of the molecule is CCOC(=O)c1c(NC(=O)COC(=O)C[C@@H]2Sc3ccccc3NC2=O)sc(C)c1C. The van der Waals surface area contributed by atoms with E-state index in [0.29, 0.717) is 16.3 Å². The van der Waals surface area contributed by atoms with Crippen molar-refractivity contribution in [3.63, 3.8) is 0 Å². The van der Waals surface area contributed by atoms with Gasteiger partial charge in [0, 0.05) is 9.77 Å². The molecule has 3 rings (SSSR count). The molecule has 1 aliphatic heterocycles. The molecule has 2 heterocycles. The third-order valence-electron chi connectivity index (χ3n) is 4.54. The maximum atomic E-state index is 12.3. The molecule has 8 nitrogen and oxygen atoms in total. The monoisotopic (exact) mass is 462 g/mol. The van der Waals surface area contributed by atoms with E-state index in [4.69, 9.17) is 9.47 Å². The van der Waals surface area contributed by atoms with Crippen LogP contribution in [0.15, 0.2) is 29.2 Å². The van der Waals surface area contributed by atoms with Gasteiger partial charge in [0.2, 0.25) is 5.91 Å². The minimum atomic E-state index is -0.661. The fraction of sp³-hybridized carbons (Fsp3) is 0.333. The first kappa shape index (κ1) is 22.8. The number of thioether (sulfide) groups is 1. The predicted molar refractivity (Wildman–Crippen MR) is 119 cm³/mol. The summed E-state index contributed by atoms with van der Waals surface area (Å²) in [5.41, 5.74) is 1.75. The average Bonchev–Trinajstić information content (AvgIpc) is 3.00. The van der Waals surface area contributed by atoms with Gasteiger partial charge >= 0.3 is 11.9 Å². The summed E-state index contributed by atoms with van der Waals surface area (Å²) >= 11 is 2.53. The van der Waals surface area contributed by atoms with Crippen molar-refractivity contribution in [2.24, 2.45) is 0 Å². The number of ether oxygens (including phenoxy) is 2. The second-order valence-corrected chi connectivity index (χ2v) is 9.18. The van der Waals surface area contributed by atoms with Gasteiger partial charge in [0.05, 0.1) is 29.5 Å². The molecule has 0 spiro atoms. The second-order valence-electron chi connectivity index (χ2n) is 6.71. The van der Waals surface area contributed by atoms with Gasteiger partial charge < -0.3 is 20.1 Å². The van der Waals surface area contributed by atoms with Crippen LogP contribution in [0.2, 0.25) is 0 Å². The summed E-state index contributed by atoms with van der Waals surface area (Å²) in [5, 5.41) is 5.09. The van der Waals surface area contributed by atoms with Gasteiger partial charge in [0.25, 0.3) is 5.91 Å². The van der Waals surface area contributed by atoms with Crippen molar-refractivity contribution in [2.45, 2.75) is 37.3 Å². The quantitative estimate of drug-likeness (QED) is 0.606. The fourth-order valence-corrected chi connectivity index (χ4v) is 5.07. The highest BCUT2D eigenvalue weighted by molar-refractivity contribution is 8.01. The normalized spacial score (nSPS) is 14.9. The Labute approximate surface area is 187 Å². The molecule has 0 fully saturated rings. The van der Waals surface area contributed by atoms with Crippen molar-refractivity contribution in [3.8, 4) is 0 Å². The number of carbonyl (C=O) groups is 4. The maximum absolute atomic E-state index is 12.3. The molecule has 10 heteroatoms. The summed E-state index contributed by atoms with van der Waals surface area (Å²) in [7, 11) is 0. The van der Waals surface area contributed by atoms with Gasteiger partial charge in [-0.15, -0.1) is 23.1 Å². The summed E-state index contributed by atoms with van der Waals surface area (Å²) < 4.78 is 10.1. The van der Waals surface area contributed by atoms with Gasteiger partial charge in [0.1, 0.15) is 5.00 Å². The van der Waals surface area contributed by atoms with E-state index in [1.54, 1.807) is 19.9 Å².